The Morgan fingerprint density at radius 3 is 2.25 bits per heavy atom. The molecule has 0 rings (SSSR count). The normalized spacial score (nSPS) is 9.33. The molecule has 0 spiro atoms. The fourth-order valence-electron chi connectivity index (χ4n) is 0.999. The maximum absolute atomic E-state index is 11.1. The third kappa shape index (κ3) is 7.26. The smallest absolute Gasteiger partial charge is 0.133 e. The van der Waals surface area contributed by atoms with Gasteiger partial charge in [-0.15, -0.1) is 13.2 Å². The maximum atomic E-state index is 11.1. The van der Waals surface area contributed by atoms with E-state index in [0.29, 0.717) is 12.2 Å². The molecule has 0 aliphatic heterocycles. The molecule has 0 radical (unpaired) electrons. The van der Waals surface area contributed by atoms with Gasteiger partial charge in [-0.05, 0) is 25.7 Å². The highest BCUT2D eigenvalue weighted by atomic mass is 16.1. The Bertz CT molecular complexity index is 147. The monoisotopic (exact) mass is 166 g/mol. The standard InChI is InChI=1S/C11H18O/c1-3-5-7-8-10-11(12)9-6-4-2/h3-4H,1-2,5-10H2. The molecule has 0 bridgehead atoms. The molecule has 0 N–H and O–H groups in total. The summed E-state index contributed by atoms with van der Waals surface area (Å²) in [5, 5.41) is 0. The number of unbranched alkanes of at least 4 members (excludes halogenated alkanes) is 2. The Balaban J connectivity index is 3.19. The van der Waals surface area contributed by atoms with Gasteiger partial charge in [-0.1, -0.05) is 12.2 Å². The molecule has 0 fully saturated rings. The second kappa shape index (κ2) is 8.25. The number of Topliss-reactive ketones (excluding diaryl/α,β-unsaturated/α-hetero) is 1. The summed E-state index contributed by atoms with van der Waals surface area (Å²) in [5.74, 6) is 0.360. The molecule has 0 aromatic carbocycles. The van der Waals surface area contributed by atoms with Gasteiger partial charge in [0.1, 0.15) is 5.78 Å². The highest BCUT2D eigenvalue weighted by molar-refractivity contribution is 5.78. The van der Waals surface area contributed by atoms with E-state index in [1.54, 1.807) is 6.08 Å². The number of carbonyl (C=O) groups is 1. The lowest BCUT2D eigenvalue weighted by atomic mass is 10.1. The van der Waals surface area contributed by atoms with Gasteiger partial charge >= 0.3 is 0 Å². The quantitative estimate of drug-likeness (QED) is 0.399. The molecule has 12 heavy (non-hydrogen) atoms. The van der Waals surface area contributed by atoms with Crippen LogP contribution in [0, 0.1) is 0 Å². The minimum absolute atomic E-state index is 0.360. The number of ketones is 1. The minimum atomic E-state index is 0.360. The first-order valence-electron chi connectivity index (χ1n) is 4.54. The van der Waals surface area contributed by atoms with Crippen LogP contribution in [0.1, 0.15) is 38.5 Å². The van der Waals surface area contributed by atoms with Crippen LogP contribution in [-0.2, 0) is 4.79 Å². The van der Waals surface area contributed by atoms with E-state index in [-0.39, 0.29) is 0 Å². The van der Waals surface area contributed by atoms with Crippen LogP contribution in [0.3, 0.4) is 0 Å². The first-order valence-corrected chi connectivity index (χ1v) is 4.54. The van der Waals surface area contributed by atoms with Crippen LogP contribution in [0.2, 0.25) is 0 Å². The average Bonchev–Trinajstić information content (AvgIpc) is 2.09. The Hall–Kier alpha value is -0.850. The van der Waals surface area contributed by atoms with Gasteiger partial charge in [0.2, 0.25) is 0 Å². The molecule has 0 aromatic rings. The van der Waals surface area contributed by atoms with Crippen molar-refractivity contribution in [3.05, 3.63) is 25.3 Å². The summed E-state index contributed by atoms with van der Waals surface area (Å²) >= 11 is 0. The molecule has 0 aliphatic rings. The van der Waals surface area contributed by atoms with Crippen LogP contribution in [-0.4, -0.2) is 5.78 Å². The highest BCUT2D eigenvalue weighted by Crippen LogP contribution is 2.04. The molecule has 0 amide bonds. The summed E-state index contributed by atoms with van der Waals surface area (Å²) in [4.78, 5) is 11.1. The summed E-state index contributed by atoms with van der Waals surface area (Å²) < 4.78 is 0. The maximum Gasteiger partial charge on any atom is 0.133 e. The molecule has 68 valence electrons. The van der Waals surface area contributed by atoms with E-state index >= 15 is 0 Å². The third-order valence-corrected chi connectivity index (χ3v) is 1.74. The summed E-state index contributed by atoms with van der Waals surface area (Å²) in [6.07, 6.45) is 9.01. The van der Waals surface area contributed by atoms with E-state index in [2.05, 4.69) is 13.2 Å². The van der Waals surface area contributed by atoms with E-state index < -0.39 is 0 Å². The summed E-state index contributed by atoms with van der Waals surface area (Å²) in [5.41, 5.74) is 0. The summed E-state index contributed by atoms with van der Waals surface area (Å²) in [7, 11) is 0. The fraction of sp³-hybridized carbons (Fsp3) is 0.545. The van der Waals surface area contributed by atoms with E-state index in [0.717, 1.165) is 32.1 Å². The molecular formula is C11H18O. The summed E-state index contributed by atoms with van der Waals surface area (Å²) in [6, 6.07) is 0. The van der Waals surface area contributed by atoms with Gasteiger partial charge in [0, 0.05) is 12.8 Å². The van der Waals surface area contributed by atoms with E-state index in [1.807, 2.05) is 6.08 Å². The van der Waals surface area contributed by atoms with Gasteiger partial charge in [0.05, 0.1) is 0 Å². The molecule has 1 nitrogen and oxygen atoms in total. The van der Waals surface area contributed by atoms with E-state index in [4.69, 9.17) is 0 Å². The zero-order valence-corrected chi connectivity index (χ0v) is 7.72. The van der Waals surface area contributed by atoms with Crippen LogP contribution >= 0.6 is 0 Å². The number of hydrogen-bond donors (Lipinski definition) is 0. The van der Waals surface area contributed by atoms with Crippen molar-refractivity contribution in [1.29, 1.82) is 0 Å². The zero-order valence-electron chi connectivity index (χ0n) is 7.72. The van der Waals surface area contributed by atoms with Crippen LogP contribution in [0.25, 0.3) is 0 Å². The van der Waals surface area contributed by atoms with E-state index in [9.17, 15) is 4.79 Å². The van der Waals surface area contributed by atoms with Crippen molar-refractivity contribution in [3.63, 3.8) is 0 Å². The molecule has 0 unspecified atom stereocenters. The van der Waals surface area contributed by atoms with Crippen molar-refractivity contribution >= 4 is 5.78 Å². The lowest BCUT2D eigenvalue weighted by Gasteiger charge is -1.97. The largest absolute Gasteiger partial charge is 0.300 e. The van der Waals surface area contributed by atoms with Gasteiger partial charge in [-0.2, -0.15) is 0 Å². The second-order valence-corrected chi connectivity index (χ2v) is 2.90. The Labute approximate surface area is 75.2 Å². The van der Waals surface area contributed by atoms with Crippen molar-refractivity contribution in [2.75, 3.05) is 0 Å². The number of rotatable bonds is 8. The van der Waals surface area contributed by atoms with Crippen LogP contribution in [0.4, 0.5) is 0 Å². The van der Waals surface area contributed by atoms with Crippen molar-refractivity contribution < 1.29 is 4.79 Å². The van der Waals surface area contributed by atoms with Crippen molar-refractivity contribution in [1.82, 2.24) is 0 Å². The zero-order chi connectivity index (χ0) is 9.23. The van der Waals surface area contributed by atoms with Crippen LogP contribution < -0.4 is 0 Å². The predicted octanol–water partition coefficient (Wildman–Crippen LogP) is 3.27. The van der Waals surface area contributed by atoms with Crippen molar-refractivity contribution in [2.24, 2.45) is 0 Å². The Kier molecular flexibility index (Phi) is 7.66. The second-order valence-electron chi connectivity index (χ2n) is 2.90. The third-order valence-electron chi connectivity index (χ3n) is 1.74. The number of allylic oxidation sites excluding steroid dienone is 2. The number of hydrogen-bond acceptors (Lipinski definition) is 1. The van der Waals surface area contributed by atoms with Gasteiger partial charge in [-0.25, -0.2) is 0 Å². The molecule has 0 saturated carbocycles. The number of carbonyl (C=O) groups excluding carboxylic acids is 1. The minimum Gasteiger partial charge on any atom is -0.300 e. The summed E-state index contributed by atoms with van der Waals surface area (Å²) in [6.45, 7) is 7.21. The van der Waals surface area contributed by atoms with Gasteiger partial charge in [0.25, 0.3) is 0 Å². The molecule has 0 saturated heterocycles. The average molecular weight is 166 g/mol. The first-order chi connectivity index (χ1) is 5.81. The molecular weight excluding hydrogens is 148 g/mol. The van der Waals surface area contributed by atoms with Crippen molar-refractivity contribution in [2.45, 2.75) is 38.5 Å². The molecule has 0 aromatic heterocycles. The molecule has 0 heterocycles. The Morgan fingerprint density at radius 1 is 1.00 bits per heavy atom. The van der Waals surface area contributed by atoms with Gasteiger partial charge in [0.15, 0.2) is 0 Å². The lowest BCUT2D eigenvalue weighted by molar-refractivity contribution is -0.119. The lowest BCUT2D eigenvalue weighted by Crippen LogP contribution is -1.96. The SMILES string of the molecule is C=CCCCCC(=O)CCC=C. The topological polar surface area (TPSA) is 17.1 Å². The van der Waals surface area contributed by atoms with Crippen LogP contribution in [0.5, 0.6) is 0 Å². The van der Waals surface area contributed by atoms with Gasteiger partial charge < -0.3 is 0 Å². The highest BCUT2D eigenvalue weighted by Gasteiger charge is 1.98. The molecule has 1 heteroatoms. The van der Waals surface area contributed by atoms with Crippen molar-refractivity contribution in [3.8, 4) is 0 Å². The van der Waals surface area contributed by atoms with Gasteiger partial charge in [-0.3, -0.25) is 4.79 Å². The fourth-order valence-corrected chi connectivity index (χ4v) is 0.999. The Morgan fingerprint density at radius 2 is 1.67 bits per heavy atom. The molecule has 0 atom stereocenters. The predicted molar refractivity (Wildman–Crippen MR) is 53.1 cm³/mol. The van der Waals surface area contributed by atoms with E-state index in [1.165, 1.54) is 0 Å². The van der Waals surface area contributed by atoms with Crippen LogP contribution in [0.15, 0.2) is 25.3 Å². The first kappa shape index (κ1) is 11.2. The molecule has 0 aliphatic carbocycles.